The molecule has 36 heavy (non-hydrogen) atoms. The number of aryl methyl sites for hydroxylation is 1. The molecule has 0 radical (unpaired) electrons. The molecule has 0 amide bonds. The third-order valence-electron chi connectivity index (χ3n) is 5.49. The molecule has 7 nitrogen and oxygen atoms in total. The van der Waals surface area contributed by atoms with Gasteiger partial charge in [0.2, 0.25) is 5.88 Å². The molecule has 2 aromatic heterocycles. The molecular formula is C24H24ClF3N4O3S. The first kappa shape index (κ1) is 27.3. The van der Waals surface area contributed by atoms with Crippen LogP contribution in [0.2, 0.25) is 0 Å². The van der Waals surface area contributed by atoms with E-state index in [9.17, 15) is 21.6 Å². The number of methoxy groups -OCH3 is 1. The van der Waals surface area contributed by atoms with Crippen molar-refractivity contribution in [2.24, 2.45) is 0 Å². The van der Waals surface area contributed by atoms with Crippen molar-refractivity contribution in [3.63, 3.8) is 0 Å². The minimum Gasteiger partial charge on any atom is -0.481 e. The number of hydrogen-bond acceptors (Lipinski definition) is 6. The van der Waals surface area contributed by atoms with Crippen LogP contribution in [0.5, 0.6) is 5.88 Å². The van der Waals surface area contributed by atoms with E-state index in [4.69, 9.17) is 4.74 Å². The molecule has 0 aliphatic heterocycles. The molecule has 2 heterocycles. The monoisotopic (exact) mass is 540 g/mol. The molecular weight excluding hydrogens is 517 g/mol. The van der Waals surface area contributed by atoms with Gasteiger partial charge >= 0.3 is 6.18 Å². The van der Waals surface area contributed by atoms with Crippen LogP contribution in [0.1, 0.15) is 16.8 Å². The standard InChI is InChI=1S/C24H23F3N4O3S.ClH/c1-15-21(9-10-23(29-15)34-3)30-18-7-8-20-16(13-28-2)14-31(22(20)12-18)35(32,33)19-6-4-5-17(11-19)24(25,26)27;/h4-12,14,28,30H,13H2,1-3H3;1H. The van der Waals surface area contributed by atoms with Gasteiger partial charge in [-0.05, 0) is 55.9 Å². The summed E-state index contributed by atoms with van der Waals surface area (Å²) in [5, 5.41) is 6.86. The van der Waals surface area contributed by atoms with Crippen molar-refractivity contribution in [1.29, 1.82) is 0 Å². The van der Waals surface area contributed by atoms with Crippen molar-refractivity contribution >= 4 is 44.7 Å². The number of anilines is 2. The number of nitrogens with zero attached hydrogens (tertiary/aromatic N) is 2. The van der Waals surface area contributed by atoms with Crippen LogP contribution in [0, 0.1) is 6.92 Å². The zero-order chi connectivity index (χ0) is 25.4. The third-order valence-corrected chi connectivity index (χ3v) is 7.16. The summed E-state index contributed by atoms with van der Waals surface area (Å²) >= 11 is 0. The van der Waals surface area contributed by atoms with Gasteiger partial charge in [-0.2, -0.15) is 13.2 Å². The number of nitrogens with one attached hydrogen (secondary N) is 2. The second-order valence-corrected chi connectivity index (χ2v) is 9.67. The van der Waals surface area contributed by atoms with Crippen LogP contribution in [-0.4, -0.2) is 31.5 Å². The highest BCUT2D eigenvalue weighted by Crippen LogP contribution is 2.33. The van der Waals surface area contributed by atoms with Crippen molar-refractivity contribution in [3.8, 4) is 5.88 Å². The van der Waals surface area contributed by atoms with Crippen molar-refractivity contribution < 1.29 is 26.3 Å². The number of alkyl halides is 3. The number of ether oxygens (including phenoxy) is 1. The maximum absolute atomic E-state index is 13.5. The summed E-state index contributed by atoms with van der Waals surface area (Å²) in [6.45, 7) is 2.17. The van der Waals surface area contributed by atoms with E-state index >= 15 is 0 Å². The molecule has 12 heteroatoms. The van der Waals surface area contributed by atoms with E-state index in [0.29, 0.717) is 52.0 Å². The Hall–Kier alpha value is -3.28. The summed E-state index contributed by atoms with van der Waals surface area (Å²) in [4.78, 5) is 3.87. The number of rotatable bonds is 7. The smallest absolute Gasteiger partial charge is 0.416 e. The van der Waals surface area contributed by atoms with Crippen LogP contribution < -0.4 is 15.4 Å². The lowest BCUT2D eigenvalue weighted by Crippen LogP contribution is -2.14. The van der Waals surface area contributed by atoms with E-state index in [0.717, 1.165) is 22.2 Å². The number of pyridine rings is 1. The Labute approximate surface area is 212 Å². The lowest BCUT2D eigenvalue weighted by atomic mass is 10.1. The first-order valence-electron chi connectivity index (χ1n) is 10.5. The van der Waals surface area contributed by atoms with Gasteiger partial charge in [0.25, 0.3) is 10.0 Å². The molecule has 192 valence electrons. The summed E-state index contributed by atoms with van der Waals surface area (Å²) < 4.78 is 72.8. The average Bonchev–Trinajstić information content (AvgIpc) is 3.18. The topological polar surface area (TPSA) is 85.2 Å². The van der Waals surface area contributed by atoms with E-state index in [1.54, 1.807) is 44.3 Å². The molecule has 0 saturated carbocycles. The Bertz CT molecular complexity index is 1500. The van der Waals surface area contributed by atoms with Crippen LogP contribution >= 0.6 is 12.4 Å². The predicted molar refractivity (Wildman–Crippen MR) is 135 cm³/mol. The van der Waals surface area contributed by atoms with Crippen LogP contribution in [-0.2, 0) is 22.7 Å². The number of fused-ring (bicyclic) bond motifs is 1. The minimum absolute atomic E-state index is 0. The molecule has 2 aromatic carbocycles. The minimum atomic E-state index is -4.66. The second kappa shape index (κ2) is 10.4. The number of halogens is 4. The normalized spacial score (nSPS) is 11.8. The van der Waals surface area contributed by atoms with E-state index in [1.165, 1.54) is 13.3 Å². The molecule has 0 unspecified atom stereocenters. The fourth-order valence-electron chi connectivity index (χ4n) is 3.76. The molecule has 0 fully saturated rings. The SMILES string of the molecule is CNCc1cn(S(=O)(=O)c2cccc(C(F)(F)F)c2)c2cc(Nc3ccc(OC)nc3C)ccc12.Cl. The van der Waals surface area contributed by atoms with E-state index in [2.05, 4.69) is 15.6 Å². The first-order chi connectivity index (χ1) is 16.5. The summed E-state index contributed by atoms with van der Waals surface area (Å²) in [6, 6.07) is 12.4. The Balaban J connectivity index is 0.00000361. The Morgan fingerprint density at radius 2 is 1.83 bits per heavy atom. The van der Waals surface area contributed by atoms with Gasteiger partial charge in [0.05, 0.1) is 34.5 Å². The molecule has 0 bridgehead atoms. The van der Waals surface area contributed by atoms with Crippen LogP contribution in [0.25, 0.3) is 10.9 Å². The summed E-state index contributed by atoms with van der Waals surface area (Å²) in [6.07, 6.45) is -3.23. The zero-order valence-corrected chi connectivity index (χ0v) is 21.2. The predicted octanol–water partition coefficient (Wildman–Crippen LogP) is 5.49. The maximum Gasteiger partial charge on any atom is 0.416 e. The van der Waals surface area contributed by atoms with E-state index in [1.807, 2.05) is 0 Å². The van der Waals surface area contributed by atoms with Gasteiger partial charge in [0.1, 0.15) is 0 Å². The fourth-order valence-corrected chi connectivity index (χ4v) is 5.19. The average molecular weight is 541 g/mol. The number of hydrogen-bond donors (Lipinski definition) is 2. The Morgan fingerprint density at radius 1 is 1.08 bits per heavy atom. The highest BCUT2D eigenvalue weighted by Gasteiger charge is 2.32. The van der Waals surface area contributed by atoms with Crippen molar-refractivity contribution in [2.45, 2.75) is 24.5 Å². The van der Waals surface area contributed by atoms with Gasteiger partial charge in [0, 0.05) is 29.9 Å². The van der Waals surface area contributed by atoms with Gasteiger partial charge in [-0.1, -0.05) is 12.1 Å². The number of benzene rings is 2. The van der Waals surface area contributed by atoms with Crippen molar-refractivity contribution in [3.05, 3.63) is 77.6 Å². The van der Waals surface area contributed by atoms with Gasteiger partial charge in [-0.15, -0.1) is 12.4 Å². The second-order valence-electron chi connectivity index (χ2n) is 7.85. The highest BCUT2D eigenvalue weighted by atomic mass is 35.5. The summed E-state index contributed by atoms with van der Waals surface area (Å²) in [7, 11) is -1.08. The van der Waals surface area contributed by atoms with Crippen LogP contribution in [0.15, 0.2) is 65.7 Å². The van der Waals surface area contributed by atoms with Gasteiger partial charge < -0.3 is 15.4 Å². The molecule has 0 saturated heterocycles. The summed E-state index contributed by atoms with van der Waals surface area (Å²) in [5.74, 6) is 0.460. The lowest BCUT2D eigenvalue weighted by Gasteiger charge is -2.13. The molecule has 0 aliphatic carbocycles. The largest absolute Gasteiger partial charge is 0.481 e. The zero-order valence-electron chi connectivity index (χ0n) is 19.6. The van der Waals surface area contributed by atoms with Gasteiger partial charge in [-0.25, -0.2) is 17.4 Å². The lowest BCUT2D eigenvalue weighted by molar-refractivity contribution is -0.137. The van der Waals surface area contributed by atoms with Gasteiger partial charge in [-0.3, -0.25) is 0 Å². The Morgan fingerprint density at radius 3 is 2.47 bits per heavy atom. The third kappa shape index (κ3) is 5.28. The van der Waals surface area contributed by atoms with Gasteiger partial charge in [0.15, 0.2) is 0 Å². The fraction of sp³-hybridized carbons (Fsp3) is 0.208. The molecule has 2 N–H and O–H groups in total. The first-order valence-corrected chi connectivity index (χ1v) is 12.0. The van der Waals surface area contributed by atoms with E-state index in [-0.39, 0.29) is 12.4 Å². The summed E-state index contributed by atoms with van der Waals surface area (Å²) in [5.41, 5.74) is 1.94. The Kier molecular flexibility index (Phi) is 7.87. The van der Waals surface area contributed by atoms with E-state index < -0.39 is 26.7 Å². The highest BCUT2D eigenvalue weighted by molar-refractivity contribution is 7.90. The molecule has 0 atom stereocenters. The van der Waals surface area contributed by atoms with Crippen LogP contribution in [0.3, 0.4) is 0 Å². The number of aromatic nitrogens is 2. The van der Waals surface area contributed by atoms with Crippen molar-refractivity contribution in [1.82, 2.24) is 14.3 Å². The molecule has 0 aliphatic rings. The molecule has 4 aromatic rings. The van der Waals surface area contributed by atoms with Crippen LogP contribution in [0.4, 0.5) is 24.5 Å². The molecule has 4 rings (SSSR count). The van der Waals surface area contributed by atoms with Crippen molar-refractivity contribution in [2.75, 3.05) is 19.5 Å². The maximum atomic E-state index is 13.5. The molecule has 0 spiro atoms. The quantitative estimate of drug-likeness (QED) is 0.322.